The van der Waals surface area contributed by atoms with Crippen molar-refractivity contribution in [2.75, 3.05) is 6.54 Å². The number of hydrogen-bond acceptors (Lipinski definition) is 3. The van der Waals surface area contributed by atoms with Crippen molar-refractivity contribution < 1.29 is 22.8 Å². The summed E-state index contributed by atoms with van der Waals surface area (Å²) < 4.78 is 43.1. The summed E-state index contributed by atoms with van der Waals surface area (Å²) in [5.41, 5.74) is 6.56. The van der Waals surface area contributed by atoms with E-state index in [1.807, 2.05) is 0 Å². The molecule has 3 aromatic carbocycles. The minimum Gasteiger partial charge on any atom is -0.368 e. The molecule has 9 heteroatoms. The molecular formula is C24H16ClF3N2O2S. The predicted octanol–water partition coefficient (Wildman–Crippen LogP) is 5.44. The largest absolute Gasteiger partial charge is 0.368 e. The van der Waals surface area contributed by atoms with Gasteiger partial charge in [0.2, 0.25) is 5.91 Å². The summed E-state index contributed by atoms with van der Waals surface area (Å²) in [4.78, 5) is 23.9. The predicted molar refractivity (Wildman–Crippen MR) is 123 cm³/mol. The van der Waals surface area contributed by atoms with Crippen LogP contribution in [0.1, 0.15) is 20.8 Å². The Bertz CT molecular complexity index is 1380. The molecule has 2 amide bonds. The summed E-state index contributed by atoms with van der Waals surface area (Å²) in [6, 6.07) is 12.4. The second-order valence-electron chi connectivity index (χ2n) is 7.38. The summed E-state index contributed by atoms with van der Waals surface area (Å²) in [7, 11) is 0. The van der Waals surface area contributed by atoms with Crippen molar-refractivity contribution >= 4 is 44.8 Å². The molecule has 0 aliphatic heterocycles. The van der Waals surface area contributed by atoms with Crippen LogP contribution in [0, 0.1) is 17.5 Å². The Labute approximate surface area is 195 Å². The smallest absolute Gasteiger partial charge is 0.251 e. The zero-order chi connectivity index (χ0) is 23.7. The summed E-state index contributed by atoms with van der Waals surface area (Å²) in [6.45, 7) is -0.385. The van der Waals surface area contributed by atoms with Crippen LogP contribution in [0.3, 0.4) is 0 Å². The third kappa shape index (κ3) is 5.18. The standard InChI is InChI=1S/C24H16ClF3N2O2S/c25-15-3-12(4-16(26)9-15)5-18-10-20-21(28)2-1-19(23(20)33-18)13-6-14(8-17(27)7-13)24(32)30-11-22(29)31/h1-4,6-10H,5,11H2,(H2,29,31)(H,30,32). The van der Waals surface area contributed by atoms with Gasteiger partial charge in [0.1, 0.15) is 17.5 Å². The van der Waals surface area contributed by atoms with Crippen molar-refractivity contribution in [2.24, 2.45) is 5.73 Å². The highest BCUT2D eigenvalue weighted by molar-refractivity contribution is 7.19. The molecule has 3 N–H and O–H groups in total. The van der Waals surface area contributed by atoms with Crippen molar-refractivity contribution in [2.45, 2.75) is 6.42 Å². The number of nitrogens with two attached hydrogens (primary N) is 1. The van der Waals surface area contributed by atoms with Crippen LogP contribution in [0.15, 0.2) is 54.6 Å². The van der Waals surface area contributed by atoms with E-state index in [2.05, 4.69) is 5.32 Å². The van der Waals surface area contributed by atoms with Gasteiger partial charge in [-0.1, -0.05) is 17.7 Å². The number of carbonyl (C=O) groups is 2. The minimum absolute atomic E-state index is 0.00472. The number of amides is 2. The van der Waals surface area contributed by atoms with E-state index in [1.165, 1.54) is 47.7 Å². The highest BCUT2D eigenvalue weighted by Gasteiger charge is 2.16. The molecular weight excluding hydrogens is 473 g/mol. The van der Waals surface area contributed by atoms with Crippen LogP contribution in [0.2, 0.25) is 5.02 Å². The minimum atomic E-state index is -0.731. The van der Waals surface area contributed by atoms with Crippen LogP contribution in [-0.2, 0) is 11.2 Å². The molecule has 168 valence electrons. The van der Waals surface area contributed by atoms with Crippen LogP contribution in [0.5, 0.6) is 0 Å². The summed E-state index contributed by atoms with van der Waals surface area (Å²) >= 11 is 7.21. The van der Waals surface area contributed by atoms with Gasteiger partial charge in [0, 0.05) is 32.0 Å². The van der Waals surface area contributed by atoms with Crippen molar-refractivity contribution in [3.8, 4) is 11.1 Å². The SMILES string of the molecule is NC(=O)CNC(=O)c1cc(F)cc(-c2ccc(F)c3cc(Cc4cc(F)cc(Cl)c4)sc23)c1. The van der Waals surface area contributed by atoms with Gasteiger partial charge in [-0.25, -0.2) is 13.2 Å². The second-order valence-corrected chi connectivity index (χ2v) is 8.96. The van der Waals surface area contributed by atoms with E-state index in [0.29, 0.717) is 33.2 Å². The van der Waals surface area contributed by atoms with Gasteiger partial charge in [-0.3, -0.25) is 9.59 Å². The van der Waals surface area contributed by atoms with Crippen LogP contribution >= 0.6 is 22.9 Å². The number of hydrogen-bond donors (Lipinski definition) is 2. The van der Waals surface area contributed by atoms with Gasteiger partial charge in [0.15, 0.2) is 0 Å². The van der Waals surface area contributed by atoms with Crippen LogP contribution in [-0.4, -0.2) is 18.4 Å². The molecule has 0 aliphatic rings. The average molecular weight is 489 g/mol. The molecule has 4 rings (SSSR count). The first-order chi connectivity index (χ1) is 15.7. The molecule has 1 aromatic heterocycles. The molecule has 0 fully saturated rings. The van der Waals surface area contributed by atoms with E-state index in [-0.39, 0.29) is 17.1 Å². The van der Waals surface area contributed by atoms with E-state index in [0.717, 1.165) is 10.9 Å². The number of fused-ring (bicyclic) bond motifs is 1. The maximum absolute atomic E-state index is 14.6. The van der Waals surface area contributed by atoms with Crippen molar-refractivity contribution in [3.05, 3.63) is 93.1 Å². The topological polar surface area (TPSA) is 72.2 Å². The number of primary amides is 1. The Balaban J connectivity index is 1.75. The van der Waals surface area contributed by atoms with E-state index >= 15 is 0 Å². The Morgan fingerprint density at radius 3 is 2.45 bits per heavy atom. The van der Waals surface area contributed by atoms with Gasteiger partial charge >= 0.3 is 0 Å². The molecule has 0 aliphatic carbocycles. The normalized spacial score (nSPS) is 11.0. The van der Waals surface area contributed by atoms with Gasteiger partial charge in [-0.05, 0) is 65.2 Å². The molecule has 0 atom stereocenters. The summed E-state index contributed by atoms with van der Waals surface area (Å²) in [5.74, 6) is -2.98. The molecule has 0 spiro atoms. The molecule has 0 saturated heterocycles. The van der Waals surface area contributed by atoms with E-state index in [4.69, 9.17) is 17.3 Å². The van der Waals surface area contributed by atoms with Crippen molar-refractivity contribution in [1.82, 2.24) is 5.32 Å². The highest BCUT2D eigenvalue weighted by atomic mass is 35.5. The Morgan fingerprint density at radius 2 is 1.73 bits per heavy atom. The lowest BCUT2D eigenvalue weighted by molar-refractivity contribution is -0.117. The number of nitrogens with one attached hydrogen (secondary N) is 1. The summed E-state index contributed by atoms with van der Waals surface area (Å²) in [6.07, 6.45) is 0.333. The van der Waals surface area contributed by atoms with E-state index in [9.17, 15) is 22.8 Å². The molecule has 4 aromatic rings. The number of halogens is 4. The number of thiophene rings is 1. The highest BCUT2D eigenvalue weighted by Crippen LogP contribution is 2.38. The fraction of sp³-hybridized carbons (Fsp3) is 0.0833. The Kier molecular flexibility index (Phi) is 6.40. The first-order valence-corrected chi connectivity index (χ1v) is 10.9. The maximum Gasteiger partial charge on any atom is 0.251 e. The lowest BCUT2D eigenvalue weighted by atomic mass is 10.0. The van der Waals surface area contributed by atoms with Gasteiger partial charge < -0.3 is 11.1 Å². The summed E-state index contributed by atoms with van der Waals surface area (Å²) in [5, 5.41) is 2.91. The van der Waals surface area contributed by atoms with Crippen molar-refractivity contribution in [1.29, 1.82) is 0 Å². The zero-order valence-electron chi connectivity index (χ0n) is 16.9. The Morgan fingerprint density at radius 1 is 0.970 bits per heavy atom. The molecule has 0 saturated carbocycles. The van der Waals surface area contributed by atoms with Crippen LogP contribution in [0.4, 0.5) is 13.2 Å². The molecule has 0 bridgehead atoms. The second kappa shape index (κ2) is 9.25. The van der Waals surface area contributed by atoms with Crippen LogP contribution < -0.4 is 11.1 Å². The van der Waals surface area contributed by atoms with Gasteiger partial charge in [0.25, 0.3) is 5.91 Å². The molecule has 4 nitrogen and oxygen atoms in total. The quantitative estimate of drug-likeness (QED) is 0.379. The zero-order valence-corrected chi connectivity index (χ0v) is 18.5. The molecule has 1 heterocycles. The van der Waals surface area contributed by atoms with Crippen molar-refractivity contribution in [3.63, 3.8) is 0 Å². The fourth-order valence-electron chi connectivity index (χ4n) is 3.52. The first-order valence-electron chi connectivity index (χ1n) is 9.73. The lowest BCUT2D eigenvalue weighted by Crippen LogP contribution is -2.33. The first kappa shape index (κ1) is 22.8. The monoisotopic (exact) mass is 488 g/mol. The molecule has 33 heavy (non-hydrogen) atoms. The van der Waals surface area contributed by atoms with E-state index in [1.54, 1.807) is 12.1 Å². The molecule has 0 radical (unpaired) electrons. The van der Waals surface area contributed by atoms with Gasteiger partial charge in [-0.15, -0.1) is 11.3 Å². The molecule has 0 unspecified atom stereocenters. The number of rotatable bonds is 6. The Hall–Kier alpha value is -3.36. The number of benzene rings is 3. The maximum atomic E-state index is 14.6. The van der Waals surface area contributed by atoms with E-state index < -0.39 is 29.3 Å². The van der Waals surface area contributed by atoms with Gasteiger partial charge in [-0.2, -0.15) is 0 Å². The average Bonchev–Trinajstić information content (AvgIpc) is 3.15. The fourth-order valence-corrected chi connectivity index (χ4v) is 5.00. The third-order valence-corrected chi connectivity index (χ3v) is 6.26. The number of carbonyl (C=O) groups excluding carboxylic acids is 2. The third-order valence-electron chi connectivity index (χ3n) is 4.88. The lowest BCUT2D eigenvalue weighted by Gasteiger charge is -2.08. The van der Waals surface area contributed by atoms with Gasteiger partial charge in [0.05, 0.1) is 6.54 Å². The van der Waals surface area contributed by atoms with Crippen LogP contribution in [0.25, 0.3) is 21.2 Å².